The summed E-state index contributed by atoms with van der Waals surface area (Å²) in [7, 11) is -3.77. The molecule has 0 saturated carbocycles. The number of hydrogen-bond donors (Lipinski definition) is 0. The zero-order chi connectivity index (χ0) is 28.4. The van der Waals surface area contributed by atoms with E-state index in [9.17, 15) is 22.0 Å². The fourth-order valence-electron chi connectivity index (χ4n) is 5.02. The van der Waals surface area contributed by atoms with Gasteiger partial charge >= 0.3 is 0 Å². The summed E-state index contributed by atoms with van der Waals surface area (Å²) >= 11 is 1.04. The maximum absolute atomic E-state index is 14.4. The predicted octanol–water partition coefficient (Wildman–Crippen LogP) is 3.74. The number of carbonyl (C=O) groups is 1. The summed E-state index contributed by atoms with van der Waals surface area (Å²) in [5, 5.41) is 0.250. The molecule has 5 rings (SSSR count). The summed E-state index contributed by atoms with van der Waals surface area (Å²) in [5.41, 5.74) is 0.266. The summed E-state index contributed by atoms with van der Waals surface area (Å²) in [4.78, 5) is 21.8. The van der Waals surface area contributed by atoms with Crippen molar-refractivity contribution in [2.45, 2.75) is 37.4 Å². The van der Waals surface area contributed by atoms with Crippen LogP contribution in [0.25, 0.3) is 10.2 Å². The first kappa shape index (κ1) is 29.0. The molecule has 2 atom stereocenters. The first-order valence-corrected chi connectivity index (χ1v) is 15.5. The average Bonchev–Trinajstić information content (AvgIpc) is 3.35. The Kier molecular flexibility index (Phi) is 8.78. The quantitative estimate of drug-likeness (QED) is 0.392. The summed E-state index contributed by atoms with van der Waals surface area (Å²) in [6.45, 7) is 8.10. The number of morpholine rings is 2. The molecule has 2 aromatic carbocycles. The molecule has 2 fully saturated rings. The van der Waals surface area contributed by atoms with E-state index in [-0.39, 0.29) is 46.4 Å². The number of hydrogen-bond acceptors (Lipinski definition) is 8. The number of amides is 1. The van der Waals surface area contributed by atoms with E-state index in [1.54, 1.807) is 0 Å². The van der Waals surface area contributed by atoms with Crippen LogP contribution in [0.5, 0.6) is 0 Å². The van der Waals surface area contributed by atoms with Gasteiger partial charge in [0, 0.05) is 50.9 Å². The molecule has 0 aliphatic carbocycles. The zero-order valence-corrected chi connectivity index (χ0v) is 24.0. The number of sulfonamides is 1. The monoisotopic (exact) mass is 594 g/mol. The van der Waals surface area contributed by atoms with Gasteiger partial charge in [0.2, 0.25) is 10.0 Å². The van der Waals surface area contributed by atoms with Crippen LogP contribution in [0.4, 0.5) is 13.9 Å². The molecular formula is C27H32F2N4O5S2. The van der Waals surface area contributed by atoms with E-state index in [0.717, 1.165) is 37.0 Å². The fourth-order valence-corrected chi connectivity index (χ4v) is 7.64. The molecule has 0 bridgehead atoms. The van der Waals surface area contributed by atoms with Crippen molar-refractivity contribution in [3.8, 4) is 0 Å². The molecule has 40 heavy (non-hydrogen) atoms. The summed E-state index contributed by atoms with van der Waals surface area (Å²) in [5.74, 6) is -1.91. The summed E-state index contributed by atoms with van der Waals surface area (Å²) < 4.78 is 67.5. The normalized spacial score (nSPS) is 21.1. The summed E-state index contributed by atoms with van der Waals surface area (Å²) in [6.07, 6.45) is 0.174. The molecule has 2 aliphatic heterocycles. The van der Waals surface area contributed by atoms with Crippen LogP contribution in [0.2, 0.25) is 0 Å². The number of fused-ring (bicyclic) bond motifs is 1. The molecule has 0 spiro atoms. The Balaban J connectivity index is 1.39. The van der Waals surface area contributed by atoms with Crippen LogP contribution in [0, 0.1) is 11.6 Å². The molecule has 9 nitrogen and oxygen atoms in total. The lowest BCUT2D eigenvalue weighted by molar-refractivity contribution is -0.0440. The van der Waals surface area contributed by atoms with Gasteiger partial charge < -0.3 is 9.47 Å². The van der Waals surface area contributed by atoms with E-state index in [2.05, 4.69) is 9.88 Å². The van der Waals surface area contributed by atoms with Gasteiger partial charge in [-0.25, -0.2) is 22.2 Å². The number of anilines is 1. The van der Waals surface area contributed by atoms with Gasteiger partial charge in [0.05, 0.1) is 35.0 Å². The molecule has 2 saturated heterocycles. The van der Waals surface area contributed by atoms with Gasteiger partial charge in [-0.3, -0.25) is 14.6 Å². The Labute approximate surface area is 236 Å². The highest BCUT2D eigenvalue weighted by molar-refractivity contribution is 7.89. The molecule has 3 heterocycles. The third-order valence-corrected chi connectivity index (χ3v) is 9.83. The topological polar surface area (TPSA) is 92.3 Å². The minimum Gasteiger partial charge on any atom is -0.379 e. The van der Waals surface area contributed by atoms with Crippen LogP contribution in [0.15, 0.2) is 41.3 Å². The van der Waals surface area contributed by atoms with Crippen LogP contribution in [-0.4, -0.2) is 93.2 Å². The van der Waals surface area contributed by atoms with Crippen molar-refractivity contribution in [3.05, 3.63) is 53.6 Å². The number of aromatic nitrogens is 1. The van der Waals surface area contributed by atoms with Crippen molar-refractivity contribution < 1.29 is 31.5 Å². The Bertz CT molecular complexity index is 1450. The standard InChI is InChI=1S/C27H32F2N4O5S2/c1-18-16-32(17-19(2)38-18)40(35,36)22-6-4-20(5-7-22)26(34)33(9-3-8-31-10-12-37-13-11-31)27-30-25-23(29)14-21(28)15-24(25)39-27/h4-7,14-15,18-19H,3,8-13,16-17H2,1-2H3. The van der Waals surface area contributed by atoms with E-state index >= 15 is 0 Å². The van der Waals surface area contributed by atoms with Crippen LogP contribution in [0.1, 0.15) is 30.6 Å². The van der Waals surface area contributed by atoms with Crippen LogP contribution >= 0.6 is 11.3 Å². The molecule has 1 aromatic heterocycles. The molecular weight excluding hydrogens is 562 g/mol. The number of ether oxygens (including phenoxy) is 2. The van der Waals surface area contributed by atoms with Gasteiger partial charge in [-0.05, 0) is 50.6 Å². The van der Waals surface area contributed by atoms with Crippen LogP contribution < -0.4 is 4.90 Å². The molecule has 216 valence electrons. The third kappa shape index (κ3) is 6.34. The molecule has 0 N–H and O–H groups in total. The number of rotatable bonds is 8. The maximum Gasteiger partial charge on any atom is 0.260 e. The lowest BCUT2D eigenvalue weighted by Crippen LogP contribution is -2.48. The van der Waals surface area contributed by atoms with E-state index in [4.69, 9.17) is 9.47 Å². The van der Waals surface area contributed by atoms with Crippen molar-refractivity contribution in [1.82, 2.24) is 14.2 Å². The van der Waals surface area contributed by atoms with Crippen LogP contribution in [-0.2, 0) is 19.5 Å². The molecule has 13 heteroatoms. The van der Waals surface area contributed by atoms with E-state index in [1.807, 2.05) is 13.8 Å². The first-order valence-electron chi connectivity index (χ1n) is 13.2. The number of thiazole rings is 1. The molecule has 2 unspecified atom stereocenters. The fraction of sp³-hybridized carbons (Fsp3) is 0.481. The first-order chi connectivity index (χ1) is 19.1. The van der Waals surface area contributed by atoms with Crippen molar-refractivity contribution in [3.63, 3.8) is 0 Å². The van der Waals surface area contributed by atoms with Crippen molar-refractivity contribution in [1.29, 1.82) is 0 Å². The second-order valence-electron chi connectivity index (χ2n) is 10.1. The minimum absolute atomic E-state index is 0.00258. The van der Waals surface area contributed by atoms with Gasteiger partial charge in [0.25, 0.3) is 5.91 Å². The molecule has 0 radical (unpaired) electrons. The molecule has 2 aliphatic rings. The van der Waals surface area contributed by atoms with Crippen molar-refractivity contribution in [2.24, 2.45) is 0 Å². The Morgan fingerprint density at radius 2 is 1.77 bits per heavy atom. The molecule has 1 amide bonds. The van der Waals surface area contributed by atoms with E-state index in [0.29, 0.717) is 30.9 Å². The highest BCUT2D eigenvalue weighted by Gasteiger charge is 2.32. The van der Waals surface area contributed by atoms with E-state index < -0.39 is 27.6 Å². The number of benzene rings is 2. The van der Waals surface area contributed by atoms with Gasteiger partial charge in [0.1, 0.15) is 11.3 Å². The Hall–Kier alpha value is -2.55. The van der Waals surface area contributed by atoms with Gasteiger partial charge in [0.15, 0.2) is 10.9 Å². The SMILES string of the molecule is CC1CN(S(=O)(=O)c2ccc(C(=O)N(CCCN3CCOCC3)c3nc4c(F)cc(F)cc4s3)cc2)CC(C)O1. The highest BCUT2D eigenvalue weighted by Crippen LogP contribution is 2.32. The van der Waals surface area contributed by atoms with Crippen molar-refractivity contribution in [2.75, 3.05) is 57.4 Å². The smallest absolute Gasteiger partial charge is 0.260 e. The zero-order valence-electron chi connectivity index (χ0n) is 22.4. The maximum atomic E-state index is 14.4. The Morgan fingerprint density at radius 3 is 2.45 bits per heavy atom. The average molecular weight is 595 g/mol. The highest BCUT2D eigenvalue weighted by atomic mass is 32.2. The second kappa shape index (κ2) is 12.1. The summed E-state index contributed by atoms with van der Waals surface area (Å²) in [6, 6.07) is 7.77. The predicted molar refractivity (Wildman–Crippen MR) is 148 cm³/mol. The lowest BCUT2D eigenvalue weighted by Gasteiger charge is -2.34. The minimum atomic E-state index is -3.77. The van der Waals surface area contributed by atoms with Crippen LogP contribution in [0.3, 0.4) is 0 Å². The van der Waals surface area contributed by atoms with Gasteiger partial charge in [-0.2, -0.15) is 4.31 Å². The number of nitrogens with zero attached hydrogens (tertiary/aromatic N) is 4. The Morgan fingerprint density at radius 1 is 1.10 bits per heavy atom. The van der Waals surface area contributed by atoms with Gasteiger partial charge in [-0.1, -0.05) is 11.3 Å². The largest absolute Gasteiger partial charge is 0.379 e. The second-order valence-corrected chi connectivity index (χ2v) is 13.0. The third-order valence-electron chi connectivity index (χ3n) is 6.96. The van der Waals surface area contributed by atoms with Crippen molar-refractivity contribution >= 4 is 42.6 Å². The molecule has 3 aromatic rings. The number of carbonyl (C=O) groups excluding carboxylic acids is 1. The van der Waals surface area contributed by atoms with Gasteiger partial charge in [-0.15, -0.1) is 0 Å². The van der Waals surface area contributed by atoms with E-state index in [1.165, 1.54) is 39.5 Å². The lowest BCUT2D eigenvalue weighted by atomic mass is 10.2. The number of halogens is 2.